The number of hydrogen-bond acceptors (Lipinski definition) is 6. The molecule has 37 heavy (non-hydrogen) atoms. The lowest BCUT2D eigenvalue weighted by Crippen LogP contribution is -2.39. The standard InChI is InChI=1S/C28H36Cl3NO5/c1-19(16-32-9-11-34-12-10-32)17-35-23-7-5-21(6-8-23)28(3,4)22-13-25(30)27(26(31)14-22)36-18-24(15-29)37-20(2)33/h5-8,13-14,19,24H,9-12,15-18H2,1-4H3/t19-,24+/m1/s1. The van der Waals surface area contributed by atoms with E-state index in [1.807, 2.05) is 24.3 Å². The zero-order chi connectivity index (χ0) is 27.0. The van der Waals surface area contributed by atoms with Crippen molar-refractivity contribution in [2.45, 2.75) is 39.2 Å². The maximum atomic E-state index is 11.2. The highest BCUT2D eigenvalue weighted by atomic mass is 35.5. The van der Waals surface area contributed by atoms with Crippen LogP contribution < -0.4 is 9.47 Å². The van der Waals surface area contributed by atoms with E-state index in [-0.39, 0.29) is 17.9 Å². The molecule has 0 saturated carbocycles. The maximum Gasteiger partial charge on any atom is 0.303 e. The molecule has 0 unspecified atom stereocenters. The van der Waals surface area contributed by atoms with Crippen LogP contribution in [0.2, 0.25) is 10.0 Å². The zero-order valence-electron chi connectivity index (χ0n) is 21.9. The van der Waals surface area contributed by atoms with E-state index >= 15 is 0 Å². The number of nitrogens with zero attached hydrogens (tertiary/aromatic N) is 1. The van der Waals surface area contributed by atoms with Gasteiger partial charge in [-0.1, -0.05) is 56.1 Å². The van der Waals surface area contributed by atoms with Crippen LogP contribution in [0.3, 0.4) is 0 Å². The Hall–Kier alpha value is -1.70. The molecule has 1 heterocycles. The molecule has 0 spiro atoms. The molecule has 9 heteroatoms. The summed E-state index contributed by atoms with van der Waals surface area (Å²) in [6.07, 6.45) is -0.592. The van der Waals surface area contributed by atoms with Gasteiger partial charge >= 0.3 is 5.97 Å². The van der Waals surface area contributed by atoms with Crippen LogP contribution in [-0.2, 0) is 19.7 Å². The van der Waals surface area contributed by atoms with Crippen molar-refractivity contribution in [3.63, 3.8) is 0 Å². The van der Waals surface area contributed by atoms with E-state index in [1.54, 1.807) is 0 Å². The van der Waals surface area contributed by atoms with Crippen LogP contribution in [0.1, 0.15) is 38.8 Å². The molecular formula is C28H36Cl3NO5. The number of carbonyl (C=O) groups excluding carboxylic acids is 1. The van der Waals surface area contributed by atoms with Crippen molar-refractivity contribution >= 4 is 40.8 Å². The molecule has 1 saturated heterocycles. The van der Waals surface area contributed by atoms with E-state index in [0.29, 0.717) is 28.3 Å². The molecule has 2 aromatic rings. The molecule has 0 radical (unpaired) electrons. The molecule has 0 bridgehead atoms. The van der Waals surface area contributed by atoms with Crippen LogP contribution in [0.15, 0.2) is 36.4 Å². The van der Waals surface area contributed by atoms with E-state index < -0.39 is 12.1 Å². The Morgan fingerprint density at radius 2 is 1.65 bits per heavy atom. The summed E-state index contributed by atoms with van der Waals surface area (Å²) in [5.41, 5.74) is 1.67. The van der Waals surface area contributed by atoms with Crippen molar-refractivity contribution in [3.05, 3.63) is 57.6 Å². The first-order valence-electron chi connectivity index (χ1n) is 12.5. The molecule has 1 aliphatic rings. The molecule has 0 amide bonds. The lowest BCUT2D eigenvalue weighted by molar-refractivity contribution is -0.146. The first-order chi connectivity index (χ1) is 17.6. The first-order valence-corrected chi connectivity index (χ1v) is 13.8. The molecule has 0 N–H and O–H groups in total. The van der Waals surface area contributed by atoms with Gasteiger partial charge in [0, 0.05) is 37.9 Å². The van der Waals surface area contributed by atoms with E-state index in [1.165, 1.54) is 6.92 Å². The van der Waals surface area contributed by atoms with E-state index in [0.717, 1.165) is 49.7 Å². The third-order valence-corrected chi connectivity index (χ3v) is 7.33. The van der Waals surface area contributed by atoms with Gasteiger partial charge in [-0.2, -0.15) is 0 Å². The highest BCUT2D eigenvalue weighted by Gasteiger charge is 2.26. The smallest absolute Gasteiger partial charge is 0.303 e. The van der Waals surface area contributed by atoms with E-state index in [4.69, 9.17) is 53.8 Å². The molecule has 2 atom stereocenters. The Kier molecular flexibility index (Phi) is 11.2. The number of morpholine rings is 1. The fourth-order valence-corrected chi connectivity index (χ4v) is 4.98. The van der Waals surface area contributed by atoms with Crippen molar-refractivity contribution < 1.29 is 23.7 Å². The Labute approximate surface area is 235 Å². The summed E-state index contributed by atoms with van der Waals surface area (Å²) < 4.78 is 22.3. The summed E-state index contributed by atoms with van der Waals surface area (Å²) in [7, 11) is 0. The van der Waals surface area contributed by atoms with Gasteiger partial charge in [0.2, 0.25) is 0 Å². The second kappa shape index (κ2) is 13.9. The van der Waals surface area contributed by atoms with Crippen LogP contribution in [0.5, 0.6) is 11.5 Å². The summed E-state index contributed by atoms with van der Waals surface area (Å²) in [6, 6.07) is 11.8. The summed E-state index contributed by atoms with van der Waals surface area (Å²) in [6.45, 7) is 13.1. The van der Waals surface area contributed by atoms with Crippen molar-refractivity contribution in [3.8, 4) is 11.5 Å². The lowest BCUT2D eigenvalue weighted by atomic mass is 9.78. The zero-order valence-corrected chi connectivity index (χ0v) is 24.2. The number of benzene rings is 2. The molecule has 0 aliphatic carbocycles. The minimum atomic E-state index is -0.592. The van der Waals surface area contributed by atoms with Crippen LogP contribution in [-0.4, -0.2) is 68.9 Å². The van der Waals surface area contributed by atoms with Gasteiger partial charge in [0.15, 0.2) is 5.75 Å². The average molecular weight is 573 g/mol. The SMILES string of the molecule is CC(=O)O[C@@H](CCl)COc1c(Cl)cc(C(C)(C)c2ccc(OC[C@H](C)CN3CCOCC3)cc2)cc1Cl. The largest absolute Gasteiger partial charge is 0.493 e. The van der Waals surface area contributed by atoms with Crippen molar-refractivity contribution in [1.29, 1.82) is 0 Å². The average Bonchev–Trinajstić information content (AvgIpc) is 2.86. The maximum absolute atomic E-state index is 11.2. The minimum absolute atomic E-state index is 0.0534. The number of alkyl halides is 1. The summed E-state index contributed by atoms with van der Waals surface area (Å²) >= 11 is 18.9. The predicted octanol–water partition coefficient (Wildman–Crippen LogP) is 6.22. The third-order valence-electron chi connectivity index (χ3n) is 6.42. The van der Waals surface area contributed by atoms with Crippen molar-refractivity contribution in [1.82, 2.24) is 4.90 Å². The predicted molar refractivity (Wildman–Crippen MR) is 149 cm³/mol. The molecule has 2 aromatic carbocycles. The van der Waals surface area contributed by atoms with Gasteiger partial charge in [-0.25, -0.2) is 0 Å². The fraction of sp³-hybridized carbons (Fsp3) is 0.536. The van der Waals surface area contributed by atoms with Gasteiger partial charge in [0.05, 0.1) is 35.7 Å². The number of halogens is 3. The van der Waals surface area contributed by atoms with Gasteiger partial charge in [-0.3, -0.25) is 9.69 Å². The summed E-state index contributed by atoms with van der Waals surface area (Å²) in [5.74, 6) is 1.28. The van der Waals surface area contributed by atoms with Crippen LogP contribution >= 0.6 is 34.8 Å². The van der Waals surface area contributed by atoms with Crippen LogP contribution in [0.25, 0.3) is 0 Å². The second-order valence-electron chi connectivity index (χ2n) is 9.94. The molecule has 1 aliphatic heterocycles. The molecule has 204 valence electrons. The molecule has 6 nitrogen and oxygen atoms in total. The highest BCUT2D eigenvalue weighted by Crippen LogP contribution is 2.40. The van der Waals surface area contributed by atoms with Gasteiger partial charge in [-0.05, 0) is 35.4 Å². The Morgan fingerprint density at radius 3 is 2.22 bits per heavy atom. The molecule has 0 aromatic heterocycles. The third kappa shape index (κ3) is 8.66. The summed E-state index contributed by atoms with van der Waals surface area (Å²) in [4.78, 5) is 13.6. The topological polar surface area (TPSA) is 57.2 Å². The van der Waals surface area contributed by atoms with Gasteiger partial charge < -0.3 is 18.9 Å². The summed E-state index contributed by atoms with van der Waals surface area (Å²) in [5, 5.41) is 0.752. The van der Waals surface area contributed by atoms with Gasteiger partial charge in [-0.15, -0.1) is 11.6 Å². The second-order valence-corrected chi connectivity index (χ2v) is 11.1. The Morgan fingerprint density at radius 1 is 1.03 bits per heavy atom. The normalized spacial score (nSPS) is 16.2. The number of ether oxygens (including phenoxy) is 4. The van der Waals surface area contributed by atoms with Crippen LogP contribution in [0, 0.1) is 5.92 Å². The molecule has 1 fully saturated rings. The van der Waals surface area contributed by atoms with E-state index in [9.17, 15) is 4.79 Å². The van der Waals surface area contributed by atoms with Crippen molar-refractivity contribution in [2.75, 3.05) is 51.9 Å². The fourth-order valence-electron chi connectivity index (χ4n) is 4.23. The van der Waals surface area contributed by atoms with Crippen molar-refractivity contribution in [2.24, 2.45) is 5.92 Å². The Balaban J connectivity index is 1.62. The molecular weight excluding hydrogens is 537 g/mol. The number of rotatable bonds is 12. The number of hydrogen-bond donors (Lipinski definition) is 0. The first kappa shape index (κ1) is 29.9. The quantitative estimate of drug-likeness (QED) is 0.222. The minimum Gasteiger partial charge on any atom is -0.493 e. The Bertz CT molecular complexity index is 1000. The highest BCUT2D eigenvalue weighted by molar-refractivity contribution is 6.37. The number of esters is 1. The lowest BCUT2D eigenvalue weighted by Gasteiger charge is -2.29. The van der Waals surface area contributed by atoms with Gasteiger partial charge in [0.25, 0.3) is 0 Å². The van der Waals surface area contributed by atoms with Gasteiger partial charge in [0.1, 0.15) is 18.5 Å². The number of carbonyl (C=O) groups is 1. The molecule has 3 rings (SSSR count). The van der Waals surface area contributed by atoms with Crippen LogP contribution in [0.4, 0.5) is 0 Å². The van der Waals surface area contributed by atoms with E-state index in [2.05, 4.69) is 37.8 Å². The monoisotopic (exact) mass is 571 g/mol.